The molecule has 24 heavy (non-hydrogen) atoms. The van der Waals surface area contributed by atoms with Crippen molar-refractivity contribution < 1.29 is 22.7 Å². The maximum absolute atomic E-state index is 13.4. The Balaban J connectivity index is 1.97. The lowest BCUT2D eigenvalue weighted by atomic mass is 10.1. The number of halogens is 3. The highest BCUT2D eigenvalue weighted by Gasteiger charge is 2.07. The van der Waals surface area contributed by atoms with Crippen LogP contribution < -0.4 is 10.1 Å². The molecule has 3 nitrogen and oxygen atoms in total. The van der Waals surface area contributed by atoms with Gasteiger partial charge in [-0.25, -0.2) is 4.39 Å². The Kier molecular flexibility index (Phi) is 6.01. The first-order chi connectivity index (χ1) is 11.5. The van der Waals surface area contributed by atoms with Crippen LogP contribution in [0.25, 0.3) is 6.08 Å². The number of hydrogen-bond donors (Lipinski definition) is 1. The summed E-state index contributed by atoms with van der Waals surface area (Å²) in [7, 11) is 0. The minimum Gasteiger partial charge on any atom is -0.434 e. The predicted molar refractivity (Wildman–Crippen MR) is 85.1 cm³/mol. The molecule has 0 heterocycles. The molecule has 2 rings (SSSR count). The normalized spacial score (nSPS) is 11.0. The van der Waals surface area contributed by atoms with Crippen molar-refractivity contribution in [3.8, 4) is 5.75 Å². The van der Waals surface area contributed by atoms with E-state index in [9.17, 15) is 18.0 Å². The smallest absolute Gasteiger partial charge is 0.387 e. The van der Waals surface area contributed by atoms with Crippen molar-refractivity contribution in [3.05, 3.63) is 71.0 Å². The van der Waals surface area contributed by atoms with Gasteiger partial charge in [0.2, 0.25) is 5.91 Å². The molecule has 1 N–H and O–H groups in total. The van der Waals surface area contributed by atoms with Gasteiger partial charge in [0, 0.05) is 18.2 Å². The van der Waals surface area contributed by atoms with Crippen molar-refractivity contribution in [2.75, 3.05) is 0 Å². The lowest BCUT2D eigenvalue weighted by Crippen LogP contribution is -2.20. The topological polar surface area (TPSA) is 38.3 Å². The molecule has 0 fully saturated rings. The second kappa shape index (κ2) is 8.19. The van der Waals surface area contributed by atoms with E-state index in [4.69, 9.17) is 0 Å². The van der Waals surface area contributed by atoms with Crippen LogP contribution in [0.4, 0.5) is 13.2 Å². The number of carbonyl (C=O) groups is 1. The molecule has 0 aliphatic heterocycles. The number of amides is 1. The van der Waals surface area contributed by atoms with Crippen molar-refractivity contribution in [1.29, 1.82) is 0 Å². The highest BCUT2D eigenvalue weighted by Crippen LogP contribution is 2.21. The fourth-order valence-electron chi connectivity index (χ4n) is 1.98. The molecule has 0 radical (unpaired) electrons. The minimum absolute atomic E-state index is 0.0165. The van der Waals surface area contributed by atoms with Crippen molar-refractivity contribution in [3.63, 3.8) is 0 Å². The average Bonchev–Trinajstić information content (AvgIpc) is 2.54. The monoisotopic (exact) mass is 335 g/mol. The van der Waals surface area contributed by atoms with Gasteiger partial charge in [-0.05, 0) is 36.3 Å². The molecule has 126 valence electrons. The second-order valence-corrected chi connectivity index (χ2v) is 5.05. The number of alkyl halides is 2. The van der Waals surface area contributed by atoms with E-state index >= 15 is 0 Å². The molecule has 0 unspecified atom stereocenters. The molecule has 0 saturated heterocycles. The van der Waals surface area contributed by atoms with Crippen LogP contribution in [0.1, 0.15) is 16.7 Å². The van der Waals surface area contributed by atoms with Crippen molar-refractivity contribution >= 4 is 12.0 Å². The lowest BCUT2D eigenvalue weighted by Gasteiger charge is -2.07. The summed E-state index contributed by atoms with van der Waals surface area (Å²) in [4.78, 5) is 11.8. The summed E-state index contributed by atoms with van der Waals surface area (Å²) in [5.41, 5.74) is 1.51. The molecule has 0 saturated carbocycles. The molecule has 0 bridgehead atoms. The van der Waals surface area contributed by atoms with Gasteiger partial charge >= 0.3 is 6.61 Å². The van der Waals surface area contributed by atoms with E-state index in [-0.39, 0.29) is 18.1 Å². The molecular formula is C18H16F3NO2. The first kappa shape index (κ1) is 17.6. The summed E-state index contributed by atoms with van der Waals surface area (Å²) >= 11 is 0. The summed E-state index contributed by atoms with van der Waals surface area (Å²) in [5.74, 6) is -0.782. The summed E-state index contributed by atoms with van der Waals surface area (Å²) < 4.78 is 42.4. The van der Waals surface area contributed by atoms with Crippen LogP contribution >= 0.6 is 0 Å². The molecule has 2 aromatic carbocycles. The average molecular weight is 335 g/mol. The Morgan fingerprint density at radius 3 is 2.71 bits per heavy atom. The Hall–Kier alpha value is -2.76. The van der Waals surface area contributed by atoms with Gasteiger partial charge in [0.05, 0.1) is 0 Å². The number of aryl methyl sites for hydroxylation is 1. The Labute approximate surface area is 137 Å². The maximum atomic E-state index is 13.4. The minimum atomic E-state index is -2.94. The van der Waals surface area contributed by atoms with Crippen LogP contribution in [-0.4, -0.2) is 12.5 Å². The second-order valence-electron chi connectivity index (χ2n) is 5.05. The zero-order valence-electron chi connectivity index (χ0n) is 12.9. The SMILES string of the molecule is Cc1ccc(CNC(=O)/C=C/c2ccccc2OC(F)F)cc1F. The van der Waals surface area contributed by atoms with E-state index in [0.717, 1.165) is 0 Å². The maximum Gasteiger partial charge on any atom is 0.387 e. The third kappa shape index (κ3) is 5.15. The zero-order valence-corrected chi connectivity index (χ0v) is 12.9. The number of rotatable bonds is 6. The summed E-state index contributed by atoms with van der Waals surface area (Å²) in [6.45, 7) is -1.13. The Bertz CT molecular complexity index is 745. The Morgan fingerprint density at radius 1 is 1.25 bits per heavy atom. The highest BCUT2D eigenvalue weighted by molar-refractivity contribution is 5.92. The van der Waals surface area contributed by atoms with E-state index in [1.165, 1.54) is 24.3 Å². The fraction of sp³-hybridized carbons (Fsp3) is 0.167. The summed E-state index contributed by atoms with van der Waals surface area (Å²) in [6, 6.07) is 10.8. The van der Waals surface area contributed by atoms with Gasteiger partial charge in [-0.2, -0.15) is 8.78 Å². The number of carbonyl (C=O) groups excluding carboxylic acids is 1. The van der Waals surface area contributed by atoms with Gasteiger partial charge in [0.1, 0.15) is 11.6 Å². The van der Waals surface area contributed by atoms with Gasteiger partial charge in [0.15, 0.2) is 0 Å². The molecule has 0 aromatic heterocycles. The quantitative estimate of drug-likeness (QED) is 0.808. The lowest BCUT2D eigenvalue weighted by molar-refractivity contribution is -0.116. The van der Waals surface area contributed by atoms with Crippen LogP contribution in [0.2, 0.25) is 0 Å². The van der Waals surface area contributed by atoms with Crippen LogP contribution in [0, 0.1) is 12.7 Å². The van der Waals surface area contributed by atoms with Crippen LogP contribution in [0.3, 0.4) is 0 Å². The van der Waals surface area contributed by atoms with Crippen molar-refractivity contribution in [1.82, 2.24) is 5.32 Å². The summed E-state index contributed by atoms with van der Waals surface area (Å²) in [5, 5.41) is 2.59. The largest absolute Gasteiger partial charge is 0.434 e. The van der Waals surface area contributed by atoms with Crippen LogP contribution in [0.5, 0.6) is 5.75 Å². The zero-order chi connectivity index (χ0) is 17.5. The number of nitrogens with one attached hydrogen (secondary N) is 1. The van der Waals surface area contributed by atoms with Crippen LogP contribution in [0.15, 0.2) is 48.5 Å². The first-order valence-corrected chi connectivity index (χ1v) is 7.20. The van der Waals surface area contributed by atoms with E-state index in [1.807, 2.05) is 0 Å². The van der Waals surface area contributed by atoms with E-state index < -0.39 is 12.5 Å². The molecular weight excluding hydrogens is 319 g/mol. The molecule has 0 spiro atoms. The number of para-hydroxylation sites is 1. The molecule has 1 amide bonds. The van der Waals surface area contributed by atoms with Gasteiger partial charge in [-0.1, -0.05) is 30.3 Å². The van der Waals surface area contributed by atoms with Crippen molar-refractivity contribution in [2.24, 2.45) is 0 Å². The molecule has 0 aliphatic carbocycles. The number of ether oxygens (including phenoxy) is 1. The Morgan fingerprint density at radius 2 is 2.00 bits per heavy atom. The van der Waals surface area contributed by atoms with E-state index in [1.54, 1.807) is 37.3 Å². The third-order valence-electron chi connectivity index (χ3n) is 3.25. The third-order valence-corrected chi connectivity index (χ3v) is 3.25. The predicted octanol–water partition coefficient (Wildman–Crippen LogP) is 4.07. The highest BCUT2D eigenvalue weighted by atomic mass is 19.3. The van der Waals surface area contributed by atoms with Gasteiger partial charge in [-0.3, -0.25) is 4.79 Å². The number of hydrogen-bond acceptors (Lipinski definition) is 2. The van der Waals surface area contributed by atoms with Gasteiger partial charge in [-0.15, -0.1) is 0 Å². The van der Waals surface area contributed by atoms with Gasteiger partial charge < -0.3 is 10.1 Å². The standard InChI is InChI=1S/C18H16F3NO2/c1-12-6-7-13(10-15(12)19)11-22-17(23)9-8-14-4-2-3-5-16(14)24-18(20)21/h2-10,18H,11H2,1H3,(H,22,23)/b9-8+. The molecule has 0 atom stereocenters. The fourth-order valence-corrected chi connectivity index (χ4v) is 1.98. The number of benzene rings is 2. The molecule has 6 heteroatoms. The van der Waals surface area contributed by atoms with Crippen molar-refractivity contribution in [2.45, 2.75) is 20.1 Å². The molecule has 0 aliphatic rings. The van der Waals surface area contributed by atoms with E-state index in [0.29, 0.717) is 16.7 Å². The molecule has 2 aromatic rings. The van der Waals surface area contributed by atoms with E-state index in [2.05, 4.69) is 10.1 Å². The van der Waals surface area contributed by atoms with Crippen LogP contribution in [-0.2, 0) is 11.3 Å². The van der Waals surface area contributed by atoms with Gasteiger partial charge in [0.25, 0.3) is 0 Å². The summed E-state index contributed by atoms with van der Waals surface area (Å²) in [6.07, 6.45) is 2.58. The first-order valence-electron chi connectivity index (χ1n) is 7.20.